The number of nitrogens with one attached hydrogen (secondary N) is 2. The zero-order chi connectivity index (χ0) is 15.1. The predicted molar refractivity (Wildman–Crippen MR) is 99.7 cm³/mol. The topological polar surface area (TPSA) is 62.5 Å². The number of rotatable bonds is 5. The first-order valence-electron chi connectivity index (χ1n) is 7.10. The van der Waals surface area contributed by atoms with E-state index < -0.39 is 0 Å². The van der Waals surface area contributed by atoms with Crippen LogP contribution in [0.3, 0.4) is 0 Å². The Labute approximate surface area is 148 Å². The molecular formula is C16H23IN4O. The summed E-state index contributed by atoms with van der Waals surface area (Å²) in [5.74, 6) is 2.29. The Kier molecular flexibility index (Phi) is 7.94. The molecule has 2 aromatic rings. The number of aliphatic imine (C=N–C) groups is 1. The molecule has 0 saturated heterocycles. The van der Waals surface area contributed by atoms with Crippen molar-refractivity contribution < 1.29 is 4.42 Å². The van der Waals surface area contributed by atoms with Crippen molar-refractivity contribution in [2.45, 2.75) is 26.8 Å². The molecule has 5 nitrogen and oxygen atoms in total. The lowest BCUT2D eigenvalue weighted by atomic mass is 10.1. The Balaban J connectivity index is 0.00000242. The van der Waals surface area contributed by atoms with Crippen molar-refractivity contribution >= 4 is 29.9 Å². The number of hydrogen-bond acceptors (Lipinski definition) is 3. The molecule has 0 saturated carbocycles. The lowest BCUT2D eigenvalue weighted by Gasteiger charge is -2.10. The number of aromatic nitrogens is 1. The van der Waals surface area contributed by atoms with Gasteiger partial charge < -0.3 is 15.1 Å². The maximum atomic E-state index is 5.53. The van der Waals surface area contributed by atoms with Gasteiger partial charge in [0.15, 0.2) is 5.96 Å². The number of aryl methyl sites for hydroxylation is 2. The zero-order valence-electron chi connectivity index (χ0n) is 13.2. The van der Waals surface area contributed by atoms with Gasteiger partial charge in [-0.3, -0.25) is 4.99 Å². The summed E-state index contributed by atoms with van der Waals surface area (Å²) in [7, 11) is 1.75. The molecule has 0 atom stereocenters. The molecular weight excluding hydrogens is 391 g/mol. The molecule has 0 fully saturated rings. The first-order chi connectivity index (χ1) is 10.2. The van der Waals surface area contributed by atoms with Crippen LogP contribution in [0.25, 0.3) is 0 Å². The Bertz CT molecular complexity index is 576. The number of oxazole rings is 1. The van der Waals surface area contributed by atoms with Crippen LogP contribution in [0.1, 0.15) is 22.9 Å². The molecule has 1 aromatic heterocycles. The second-order valence-corrected chi connectivity index (χ2v) is 4.84. The lowest BCUT2D eigenvalue weighted by molar-refractivity contribution is 0.464. The van der Waals surface area contributed by atoms with Crippen LogP contribution >= 0.6 is 24.0 Å². The highest BCUT2D eigenvalue weighted by molar-refractivity contribution is 14.0. The second-order valence-electron chi connectivity index (χ2n) is 4.84. The van der Waals surface area contributed by atoms with Crippen LogP contribution < -0.4 is 10.6 Å². The van der Waals surface area contributed by atoms with Gasteiger partial charge >= 0.3 is 0 Å². The van der Waals surface area contributed by atoms with E-state index in [0.717, 1.165) is 30.4 Å². The summed E-state index contributed by atoms with van der Waals surface area (Å²) in [6.45, 7) is 5.21. The number of guanidine groups is 1. The van der Waals surface area contributed by atoms with Gasteiger partial charge in [-0.1, -0.05) is 30.3 Å². The van der Waals surface area contributed by atoms with Crippen LogP contribution in [-0.2, 0) is 13.0 Å². The van der Waals surface area contributed by atoms with E-state index in [9.17, 15) is 0 Å². The van der Waals surface area contributed by atoms with Crippen LogP contribution in [0, 0.1) is 13.8 Å². The summed E-state index contributed by atoms with van der Waals surface area (Å²) < 4.78 is 5.53. The maximum absolute atomic E-state index is 5.53. The summed E-state index contributed by atoms with van der Waals surface area (Å²) in [5.41, 5.74) is 2.23. The van der Waals surface area contributed by atoms with Gasteiger partial charge in [0.05, 0.1) is 12.2 Å². The third-order valence-corrected chi connectivity index (χ3v) is 3.25. The monoisotopic (exact) mass is 414 g/mol. The molecule has 0 aliphatic heterocycles. The Morgan fingerprint density at radius 2 is 1.91 bits per heavy atom. The molecule has 2 N–H and O–H groups in total. The third kappa shape index (κ3) is 5.67. The molecule has 0 bridgehead atoms. The third-order valence-electron chi connectivity index (χ3n) is 3.25. The average Bonchev–Trinajstić information content (AvgIpc) is 2.82. The number of halogens is 1. The second kappa shape index (κ2) is 9.45. The fourth-order valence-corrected chi connectivity index (χ4v) is 1.96. The highest BCUT2D eigenvalue weighted by atomic mass is 127. The van der Waals surface area contributed by atoms with Gasteiger partial charge in [-0.25, -0.2) is 4.98 Å². The first-order valence-corrected chi connectivity index (χ1v) is 7.10. The van der Waals surface area contributed by atoms with E-state index in [1.54, 1.807) is 7.05 Å². The molecule has 0 amide bonds. The van der Waals surface area contributed by atoms with E-state index in [0.29, 0.717) is 12.4 Å². The number of hydrogen-bond donors (Lipinski definition) is 2. The minimum absolute atomic E-state index is 0. The molecule has 0 unspecified atom stereocenters. The van der Waals surface area contributed by atoms with Crippen molar-refractivity contribution in [2.24, 2.45) is 4.99 Å². The summed E-state index contributed by atoms with van der Waals surface area (Å²) in [5, 5.41) is 6.47. The first kappa shape index (κ1) is 18.5. The molecule has 0 radical (unpaired) electrons. The van der Waals surface area contributed by atoms with Gasteiger partial charge in [-0.05, 0) is 25.8 Å². The van der Waals surface area contributed by atoms with Gasteiger partial charge in [0, 0.05) is 13.6 Å². The molecule has 22 heavy (non-hydrogen) atoms. The largest absolute Gasteiger partial charge is 0.444 e. The van der Waals surface area contributed by atoms with E-state index in [-0.39, 0.29) is 24.0 Å². The summed E-state index contributed by atoms with van der Waals surface area (Å²) in [6.07, 6.45) is 0.957. The van der Waals surface area contributed by atoms with Crippen LogP contribution in [0.15, 0.2) is 39.7 Å². The number of benzene rings is 1. The zero-order valence-corrected chi connectivity index (χ0v) is 15.5. The summed E-state index contributed by atoms with van der Waals surface area (Å²) in [4.78, 5) is 8.52. The van der Waals surface area contributed by atoms with Crippen molar-refractivity contribution in [3.63, 3.8) is 0 Å². The minimum atomic E-state index is 0. The standard InChI is InChI=1S/C16H22N4O.HI/c1-12-13(2)21-15(20-12)11-19-16(17-3)18-10-9-14-7-5-4-6-8-14;/h4-8H,9-11H2,1-3H3,(H2,17,18,19);1H. The fourth-order valence-electron chi connectivity index (χ4n) is 1.96. The van der Waals surface area contributed by atoms with Crippen LogP contribution in [0.5, 0.6) is 0 Å². The fraction of sp³-hybridized carbons (Fsp3) is 0.375. The van der Waals surface area contributed by atoms with Crippen LogP contribution in [0.4, 0.5) is 0 Å². The van der Waals surface area contributed by atoms with Crippen molar-refractivity contribution in [3.05, 3.63) is 53.2 Å². The Morgan fingerprint density at radius 1 is 1.18 bits per heavy atom. The molecule has 1 heterocycles. The molecule has 0 aliphatic rings. The smallest absolute Gasteiger partial charge is 0.214 e. The van der Waals surface area contributed by atoms with E-state index in [4.69, 9.17) is 4.42 Å². The molecule has 0 aliphatic carbocycles. The molecule has 0 spiro atoms. The highest BCUT2D eigenvalue weighted by Crippen LogP contribution is 2.07. The molecule has 1 aromatic carbocycles. The van der Waals surface area contributed by atoms with Crippen molar-refractivity contribution in [1.82, 2.24) is 15.6 Å². The Morgan fingerprint density at radius 3 is 2.50 bits per heavy atom. The highest BCUT2D eigenvalue weighted by Gasteiger charge is 2.06. The molecule has 120 valence electrons. The normalized spacial score (nSPS) is 11.0. The quantitative estimate of drug-likeness (QED) is 0.449. The van der Waals surface area contributed by atoms with Crippen molar-refractivity contribution in [1.29, 1.82) is 0 Å². The van der Waals surface area contributed by atoms with E-state index in [1.165, 1.54) is 5.56 Å². The van der Waals surface area contributed by atoms with Gasteiger partial charge in [-0.2, -0.15) is 0 Å². The van der Waals surface area contributed by atoms with E-state index >= 15 is 0 Å². The van der Waals surface area contributed by atoms with Crippen molar-refractivity contribution in [3.8, 4) is 0 Å². The lowest BCUT2D eigenvalue weighted by Crippen LogP contribution is -2.37. The van der Waals surface area contributed by atoms with Crippen LogP contribution in [-0.4, -0.2) is 24.5 Å². The maximum Gasteiger partial charge on any atom is 0.214 e. The average molecular weight is 414 g/mol. The van der Waals surface area contributed by atoms with Gasteiger partial charge in [0.25, 0.3) is 0 Å². The number of nitrogens with zero attached hydrogens (tertiary/aromatic N) is 2. The summed E-state index contributed by atoms with van der Waals surface area (Å²) in [6, 6.07) is 10.4. The van der Waals surface area contributed by atoms with E-state index in [1.807, 2.05) is 19.9 Å². The molecule has 2 rings (SSSR count). The van der Waals surface area contributed by atoms with Gasteiger partial charge in [0.1, 0.15) is 5.76 Å². The SMILES string of the molecule is CN=C(NCCc1ccccc1)NCc1nc(C)c(C)o1.I. The van der Waals surface area contributed by atoms with E-state index in [2.05, 4.69) is 44.9 Å². The van der Waals surface area contributed by atoms with Gasteiger partial charge in [0.2, 0.25) is 5.89 Å². The minimum Gasteiger partial charge on any atom is -0.444 e. The molecule has 6 heteroatoms. The Hall–Kier alpha value is -1.57. The van der Waals surface area contributed by atoms with Crippen molar-refractivity contribution in [2.75, 3.05) is 13.6 Å². The predicted octanol–water partition coefficient (Wildman–Crippen LogP) is 2.82. The summed E-state index contributed by atoms with van der Waals surface area (Å²) >= 11 is 0. The van der Waals surface area contributed by atoms with Gasteiger partial charge in [-0.15, -0.1) is 24.0 Å². The van der Waals surface area contributed by atoms with Crippen LogP contribution in [0.2, 0.25) is 0 Å².